The maximum atomic E-state index is 12.2. The molecule has 3 N–H and O–H groups in total. The van der Waals surface area contributed by atoms with Crippen LogP contribution in [0.25, 0.3) is 0 Å². The van der Waals surface area contributed by atoms with E-state index < -0.39 is 17.4 Å². The van der Waals surface area contributed by atoms with Crippen LogP contribution in [-0.2, 0) is 14.3 Å². The Morgan fingerprint density at radius 1 is 1.33 bits per heavy atom. The fraction of sp³-hybridized carbons (Fsp3) is 0.769. The molecule has 3 atom stereocenters. The van der Waals surface area contributed by atoms with E-state index in [4.69, 9.17) is 4.74 Å². The molecule has 2 aliphatic heterocycles. The predicted octanol–water partition coefficient (Wildman–Crippen LogP) is -0.604. The monoisotopic (exact) mass is 299 g/mol. The highest BCUT2D eigenvalue weighted by molar-refractivity contribution is 5.80. The summed E-state index contributed by atoms with van der Waals surface area (Å²) >= 11 is 0. The maximum Gasteiger partial charge on any atom is 0.317 e. The van der Waals surface area contributed by atoms with Gasteiger partial charge in [-0.05, 0) is 13.3 Å². The van der Waals surface area contributed by atoms with Gasteiger partial charge in [-0.1, -0.05) is 0 Å². The molecule has 0 radical (unpaired) electrons. The standard InChI is InChI=1S/C13H21N3O5/c1-8(17)14-9-3-4-16(5-9)12(20)15-10-6-21-7-13(10,2)11(18)19/h9-10H,3-7H2,1-2H3,(H,14,17)(H,15,20)(H,18,19). The van der Waals surface area contributed by atoms with Gasteiger partial charge in [0.1, 0.15) is 5.41 Å². The van der Waals surface area contributed by atoms with Gasteiger partial charge < -0.3 is 25.4 Å². The second-order valence-electron chi connectivity index (χ2n) is 5.87. The van der Waals surface area contributed by atoms with E-state index in [1.54, 1.807) is 11.8 Å². The minimum atomic E-state index is -1.10. The number of nitrogens with zero attached hydrogens (tertiary/aromatic N) is 1. The summed E-state index contributed by atoms with van der Waals surface area (Å²) in [7, 11) is 0. The molecule has 0 saturated carbocycles. The number of likely N-dealkylation sites (tertiary alicyclic amines) is 1. The lowest BCUT2D eigenvalue weighted by molar-refractivity contribution is -0.148. The number of hydrogen-bond donors (Lipinski definition) is 3. The molecule has 0 bridgehead atoms. The lowest BCUT2D eigenvalue weighted by Gasteiger charge is -2.27. The van der Waals surface area contributed by atoms with Gasteiger partial charge in [-0.3, -0.25) is 9.59 Å². The van der Waals surface area contributed by atoms with E-state index in [0.29, 0.717) is 19.5 Å². The highest BCUT2D eigenvalue weighted by atomic mass is 16.5. The molecule has 21 heavy (non-hydrogen) atoms. The number of carbonyl (C=O) groups is 3. The molecule has 2 aliphatic rings. The highest BCUT2D eigenvalue weighted by Gasteiger charge is 2.48. The van der Waals surface area contributed by atoms with E-state index in [9.17, 15) is 19.5 Å². The van der Waals surface area contributed by atoms with Crippen molar-refractivity contribution >= 4 is 17.9 Å². The van der Waals surface area contributed by atoms with Gasteiger partial charge in [-0.25, -0.2) is 4.79 Å². The van der Waals surface area contributed by atoms with Crippen molar-refractivity contribution in [1.29, 1.82) is 0 Å². The Balaban J connectivity index is 1.90. The molecule has 118 valence electrons. The van der Waals surface area contributed by atoms with Crippen LogP contribution in [0.5, 0.6) is 0 Å². The fourth-order valence-corrected chi connectivity index (χ4v) is 2.68. The Hall–Kier alpha value is -1.83. The first kappa shape index (κ1) is 15.6. The molecule has 8 nitrogen and oxygen atoms in total. The summed E-state index contributed by atoms with van der Waals surface area (Å²) in [6, 6.07) is -0.910. The van der Waals surface area contributed by atoms with Crippen LogP contribution in [0.1, 0.15) is 20.3 Å². The molecule has 2 heterocycles. The zero-order chi connectivity index (χ0) is 15.6. The van der Waals surface area contributed by atoms with Crippen molar-refractivity contribution in [1.82, 2.24) is 15.5 Å². The van der Waals surface area contributed by atoms with Crippen molar-refractivity contribution in [2.45, 2.75) is 32.4 Å². The van der Waals surface area contributed by atoms with Crippen LogP contribution in [0.3, 0.4) is 0 Å². The van der Waals surface area contributed by atoms with Gasteiger partial charge in [0.05, 0.1) is 19.3 Å². The third-order valence-corrected chi connectivity index (χ3v) is 4.12. The van der Waals surface area contributed by atoms with Crippen molar-refractivity contribution < 1.29 is 24.2 Å². The smallest absolute Gasteiger partial charge is 0.317 e. The molecule has 0 aromatic carbocycles. The number of amides is 3. The minimum Gasteiger partial charge on any atom is -0.481 e. The molecule has 2 saturated heterocycles. The van der Waals surface area contributed by atoms with Gasteiger partial charge in [0.15, 0.2) is 0 Å². The minimum absolute atomic E-state index is 0.0427. The quantitative estimate of drug-likeness (QED) is 0.644. The molecule has 0 aromatic heterocycles. The second kappa shape index (κ2) is 5.88. The summed E-state index contributed by atoms with van der Waals surface area (Å²) < 4.78 is 5.20. The number of ether oxygens (including phenoxy) is 1. The highest BCUT2D eigenvalue weighted by Crippen LogP contribution is 2.29. The van der Waals surface area contributed by atoms with Crippen LogP contribution in [-0.4, -0.2) is 66.3 Å². The summed E-state index contributed by atoms with van der Waals surface area (Å²) in [5.74, 6) is -1.10. The van der Waals surface area contributed by atoms with Crippen molar-refractivity contribution in [3.63, 3.8) is 0 Å². The van der Waals surface area contributed by atoms with Gasteiger partial charge in [-0.2, -0.15) is 0 Å². The van der Waals surface area contributed by atoms with Gasteiger partial charge in [0, 0.05) is 26.1 Å². The van der Waals surface area contributed by atoms with Gasteiger partial charge >= 0.3 is 12.0 Å². The van der Waals surface area contributed by atoms with E-state index in [1.807, 2.05) is 0 Å². The third-order valence-electron chi connectivity index (χ3n) is 4.12. The molecule has 3 amide bonds. The lowest BCUT2D eigenvalue weighted by Crippen LogP contribution is -2.53. The topological polar surface area (TPSA) is 108 Å². The summed E-state index contributed by atoms with van der Waals surface area (Å²) in [5.41, 5.74) is -1.10. The van der Waals surface area contributed by atoms with E-state index in [2.05, 4.69) is 10.6 Å². The first-order valence-electron chi connectivity index (χ1n) is 6.96. The molecule has 2 fully saturated rings. The van der Waals surface area contributed by atoms with Gasteiger partial charge in [0.25, 0.3) is 0 Å². The van der Waals surface area contributed by atoms with E-state index in [0.717, 1.165) is 0 Å². The maximum absolute atomic E-state index is 12.2. The number of carboxylic acids is 1. The molecule has 0 spiro atoms. The summed E-state index contributed by atoms with van der Waals surface area (Å²) in [6.45, 7) is 4.25. The molecular weight excluding hydrogens is 278 g/mol. The van der Waals surface area contributed by atoms with Crippen molar-refractivity contribution in [3.8, 4) is 0 Å². The number of rotatable bonds is 3. The molecule has 3 unspecified atom stereocenters. The van der Waals surface area contributed by atoms with Crippen molar-refractivity contribution in [3.05, 3.63) is 0 Å². The van der Waals surface area contributed by atoms with Crippen LogP contribution in [0.2, 0.25) is 0 Å². The van der Waals surface area contributed by atoms with Crippen molar-refractivity contribution in [2.75, 3.05) is 26.3 Å². The van der Waals surface area contributed by atoms with Crippen molar-refractivity contribution in [2.24, 2.45) is 5.41 Å². The van der Waals surface area contributed by atoms with Crippen LogP contribution in [0, 0.1) is 5.41 Å². The Morgan fingerprint density at radius 3 is 2.67 bits per heavy atom. The number of urea groups is 1. The Kier molecular flexibility index (Phi) is 4.36. The van der Waals surface area contributed by atoms with Crippen LogP contribution in [0.15, 0.2) is 0 Å². The average molecular weight is 299 g/mol. The Morgan fingerprint density at radius 2 is 2.05 bits per heavy atom. The second-order valence-corrected chi connectivity index (χ2v) is 5.87. The summed E-state index contributed by atoms with van der Waals surface area (Å²) in [4.78, 5) is 36.1. The predicted molar refractivity (Wildman–Crippen MR) is 72.7 cm³/mol. The number of carboxylic acid groups (broad SMARTS) is 1. The molecule has 0 aliphatic carbocycles. The zero-order valence-electron chi connectivity index (χ0n) is 12.2. The number of aliphatic carboxylic acids is 1. The first-order valence-corrected chi connectivity index (χ1v) is 6.96. The normalized spacial score (nSPS) is 32.0. The molecular formula is C13H21N3O5. The average Bonchev–Trinajstić information content (AvgIpc) is 2.97. The van der Waals surface area contributed by atoms with Gasteiger partial charge in [-0.15, -0.1) is 0 Å². The van der Waals surface area contributed by atoms with E-state index >= 15 is 0 Å². The van der Waals surface area contributed by atoms with Crippen LogP contribution < -0.4 is 10.6 Å². The Labute approximate surface area is 122 Å². The SMILES string of the molecule is CC(=O)NC1CCN(C(=O)NC2COCC2(C)C(=O)O)C1. The van der Waals surface area contributed by atoms with Crippen LogP contribution >= 0.6 is 0 Å². The number of nitrogens with one attached hydrogen (secondary N) is 2. The fourth-order valence-electron chi connectivity index (χ4n) is 2.68. The van der Waals surface area contributed by atoms with E-state index in [-0.39, 0.29) is 31.2 Å². The van der Waals surface area contributed by atoms with E-state index in [1.165, 1.54) is 6.92 Å². The largest absolute Gasteiger partial charge is 0.481 e. The number of hydrogen-bond acceptors (Lipinski definition) is 4. The first-order chi connectivity index (χ1) is 9.83. The van der Waals surface area contributed by atoms with Gasteiger partial charge in [0.2, 0.25) is 5.91 Å². The Bertz CT molecular complexity index is 455. The third kappa shape index (κ3) is 3.26. The molecule has 0 aromatic rings. The van der Waals surface area contributed by atoms with Crippen LogP contribution in [0.4, 0.5) is 4.79 Å². The number of carbonyl (C=O) groups excluding carboxylic acids is 2. The zero-order valence-corrected chi connectivity index (χ0v) is 12.2. The molecule has 8 heteroatoms. The molecule has 2 rings (SSSR count). The summed E-state index contributed by atoms with van der Waals surface area (Å²) in [5, 5.41) is 14.8. The lowest BCUT2D eigenvalue weighted by atomic mass is 9.85. The summed E-state index contributed by atoms with van der Waals surface area (Å²) in [6.07, 6.45) is 0.699.